The average Bonchev–Trinajstić information content (AvgIpc) is 3.06. The number of carboxylic acid groups (broad SMARTS) is 1. The number of pyridine rings is 1. The zero-order valence-electron chi connectivity index (χ0n) is 16.5. The first kappa shape index (κ1) is 20.8. The number of carboxylic acids is 1. The van der Waals surface area contributed by atoms with Crippen LogP contribution in [0.2, 0.25) is 0 Å². The molecule has 2 amide bonds. The normalized spacial score (nSPS) is 10.8. The molecule has 156 valence electrons. The van der Waals surface area contributed by atoms with Crippen LogP contribution < -0.4 is 0 Å². The second kappa shape index (κ2) is 8.19. The van der Waals surface area contributed by atoms with Gasteiger partial charge in [0.2, 0.25) is 0 Å². The zero-order chi connectivity index (χ0) is 22.0. The van der Waals surface area contributed by atoms with Gasteiger partial charge >= 0.3 is 18.2 Å². The van der Waals surface area contributed by atoms with E-state index in [1.54, 1.807) is 38.1 Å². The number of hydrogen-bond donors (Lipinski definition) is 1. The van der Waals surface area contributed by atoms with Crippen LogP contribution in [0.3, 0.4) is 0 Å². The summed E-state index contributed by atoms with van der Waals surface area (Å²) in [5.41, 5.74) is -0.300. The van der Waals surface area contributed by atoms with Crippen LogP contribution in [0.25, 0.3) is 21.8 Å². The van der Waals surface area contributed by atoms with Gasteiger partial charge in [-0.1, -0.05) is 18.2 Å². The Bertz CT molecular complexity index is 1180. The number of nitrogens with zero attached hydrogens (tertiary/aromatic N) is 3. The molecule has 0 saturated heterocycles. The molecule has 3 aromatic rings. The van der Waals surface area contributed by atoms with Gasteiger partial charge in [0.05, 0.1) is 30.4 Å². The van der Waals surface area contributed by atoms with Gasteiger partial charge in [-0.2, -0.15) is 0 Å². The Morgan fingerprint density at radius 1 is 1.07 bits per heavy atom. The first-order valence-electron chi connectivity index (χ1n) is 9.10. The van der Waals surface area contributed by atoms with E-state index in [4.69, 9.17) is 9.47 Å². The van der Waals surface area contributed by atoms with Crippen molar-refractivity contribution >= 4 is 45.9 Å². The Morgan fingerprint density at radius 2 is 1.73 bits per heavy atom. The highest BCUT2D eigenvalue weighted by atomic mass is 16.6. The summed E-state index contributed by atoms with van der Waals surface area (Å²) in [7, 11) is 1.17. The van der Waals surface area contributed by atoms with Gasteiger partial charge in [-0.05, 0) is 19.9 Å². The fraction of sp³-hybridized carbons (Fsp3) is 0.250. The molecular formula is C20H19N3O7. The van der Waals surface area contributed by atoms with Crippen molar-refractivity contribution in [3.63, 3.8) is 0 Å². The van der Waals surface area contributed by atoms with E-state index in [9.17, 15) is 24.3 Å². The highest BCUT2D eigenvalue weighted by molar-refractivity contribution is 6.22. The van der Waals surface area contributed by atoms with Crippen LogP contribution in [0, 0.1) is 0 Å². The van der Waals surface area contributed by atoms with E-state index < -0.39 is 35.3 Å². The smallest absolute Gasteiger partial charge is 0.419 e. The summed E-state index contributed by atoms with van der Waals surface area (Å²) < 4.78 is 11.1. The second-order valence-corrected chi connectivity index (χ2v) is 6.16. The van der Waals surface area contributed by atoms with Crippen molar-refractivity contribution in [1.82, 2.24) is 14.5 Å². The molecule has 10 heteroatoms. The van der Waals surface area contributed by atoms with Crippen LogP contribution in [-0.4, -0.2) is 63.9 Å². The lowest BCUT2D eigenvalue weighted by atomic mass is 10.0. The second-order valence-electron chi connectivity index (χ2n) is 6.16. The predicted octanol–water partition coefficient (Wildman–Crippen LogP) is 3.12. The molecule has 1 N–H and O–H groups in total. The van der Waals surface area contributed by atoms with Gasteiger partial charge in [0, 0.05) is 17.8 Å². The third kappa shape index (κ3) is 3.32. The van der Waals surface area contributed by atoms with Crippen molar-refractivity contribution in [1.29, 1.82) is 0 Å². The average molecular weight is 413 g/mol. The molecule has 0 radical (unpaired) electrons. The number of rotatable bonds is 4. The molecule has 0 saturated carbocycles. The van der Waals surface area contributed by atoms with Gasteiger partial charge in [-0.15, -0.1) is 0 Å². The van der Waals surface area contributed by atoms with Crippen LogP contribution in [0.4, 0.5) is 9.59 Å². The van der Waals surface area contributed by atoms with Gasteiger partial charge in [-0.25, -0.2) is 28.8 Å². The van der Waals surface area contributed by atoms with E-state index in [-0.39, 0.29) is 24.1 Å². The lowest BCUT2D eigenvalue weighted by molar-refractivity contribution is 0.0662. The van der Waals surface area contributed by atoms with Crippen molar-refractivity contribution in [2.75, 3.05) is 20.3 Å². The molecule has 0 atom stereocenters. The summed E-state index contributed by atoms with van der Waals surface area (Å²) in [4.78, 5) is 54.0. The minimum absolute atomic E-state index is 0.0434. The number of imide groups is 1. The number of amides is 2. The number of ether oxygens (including phenoxy) is 2. The Hall–Kier alpha value is -3.95. The van der Waals surface area contributed by atoms with E-state index in [0.717, 1.165) is 0 Å². The SMILES string of the molecule is CCOC(=O)N(C)C(=O)c1ncc2c(c1C(=O)O)c1ccccc1n2C(=O)OCC. The molecule has 10 nitrogen and oxygen atoms in total. The van der Waals surface area contributed by atoms with E-state index in [0.29, 0.717) is 15.8 Å². The van der Waals surface area contributed by atoms with Crippen LogP contribution in [-0.2, 0) is 9.47 Å². The quantitative estimate of drug-likeness (QED) is 0.691. The molecule has 0 aliphatic carbocycles. The molecule has 0 aliphatic rings. The van der Waals surface area contributed by atoms with Gasteiger partial charge in [0.1, 0.15) is 11.3 Å². The molecule has 0 unspecified atom stereocenters. The highest BCUT2D eigenvalue weighted by Gasteiger charge is 2.30. The summed E-state index contributed by atoms with van der Waals surface area (Å²) in [5, 5.41) is 10.5. The Morgan fingerprint density at radius 3 is 2.37 bits per heavy atom. The molecule has 0 aliphatic heterocycles. The number of aromatic carboxylic acids is 1. The van der Waals surface area contributed by atoms with Crippen molar-refractivity contribution in [2.45, 2.75) is 13.8 Å². The maximum Gasteiger partial charge on any atom is 0.419 e. The largest absolute Gasteiger partial charge is 0.478 e. The Kier molecular flexibility index (Phi) is 5.67. The van der Waals surface area contributed by atoms with Crippen LogP contribution >= 0.6 is 0 Å². The topological polar surface area (TPSA) is 128 Å². The molecule has 0 spiro atoms. The Labute approximate surface area is 170 Å². The predicted molar refractivity (Wildman–Crippen MR) is 106 cm³/mol. The number of carbonyl (C=O) groups is 4. The lowest BCUT2D eigenvalue weighted by Gasteiger charge is -2.15. The third-order valence-electron chi connectivity index (χ3n) is 4.43. The number of carbonyl (C=O) groups excluding carboxylic acids is 3. The number of para-hydroxylation sites is 1. The fourth-order valence-corrected chi connectivity index (χ4v) is 3.17. The Balaban J connectivity index is 2.34. The van der Waals surface area contributed by atoms with Crippen molar-refractivity contribution in [3.8, 4) is 0 Å². The van der Waals surface area contributed by atoms with Crippen molar-refractivity contribution < 1.29 is 33.8 Å². The van der Waals surface area contributed by atoms with Gasteiger partial charge in [0.25, 0.3) is 5.91 Å². The summed E-state index contributed by atoms with van der Waals surface area (Å²) >= 11 is 0. The number of hydrogen-bond acceptors (Lipinski definition) is 7. The molecular weight excluding hydrogens is 394 g/mol. The number of fused-ring (bicyclic) bond motifs is 3. The number of aromatic nitrogens is 2. The first-order chi connectivity index (χ1) is 14.3. The lowest BCUT2D eigenvalue weighted by Crippen LogP contribution is -2.35. The molecule has 2 heterocycles. The first-order valence-corrected chi connectivity index (χ1v) is 9.10. The fourth-order valence-electron chi connectivity index (χ4n) is 3.17. The van der Waals surface area contributed by atoms with Crippen LogP contribution in [0.1, 0.15) is 34.7 Å². The molecule has 3 rings (SSSR count). The molecule has 0 bridgehead atoms. The maximum absolute atomic E-state index is 12.8. The van der Waals surface area contributed by atoms with E-state index >= 15 is 0 Å². The summed E-state index contributed by atoms with van der Waals surface area (Å²) in [6, 6.07) is 6.62. The van der Waals surface area contributed by atoms with E-state index in [1.807, 2.05) is 0 Å². The van der Waals surface area contributed by atoms with Gasteiger partial charge in [0.15, 0.2) is 0 Å². The maximum atomic E-state index is 12.8. The van der Waals surface area contributed by atoms with E-state index in [1.165, 1.54) is 17.8 Å². The molecule has 0 fully saturated rings. The highest BCUT2D eigenvalue weighted by Crippen LogP contribution is 2.33. The standard InChI is InChI=1S/C20H19N3O7/c1-4-29-19(27)22(3)17(24)16-15(18(25)26)14-11-8-6-7-9-12(11)23(13(14)10-21-16)20(28)30-5-2/h6-10H,4-5H2,1-3H3,(H,25,26). The zero-order valence-corrected chi connectivity index (χ0v) is 16.5. The van der Waals surface area contributed by atoms with Gasteiger partial charge in [-0.3, -0.25) is 4.79 Å². The molecule has 1 aromatic carbocycles. The van der Waals surface area contributed by atoms with Crippen molar-refractivity contribution in [2.24, 2.45) is 0 Å². The summed E-state index contributed by atoms with van der Waals surface area (Å²) in [6.45, 7) is 3.39. The molecule has 2 aromatic heterocycles. The van der Waals surface area contributed by atoms with Crippen LogP contribution in [0.5, 0.6) is 0 Å². The minimum Gasteiger partial charge on any atom is -0.478 e. The summed E-state index contributed by atoms with van der Waals surface area (Å²) in [5.74, 6) is -2.37. The summed E-state index contributed by atoms with van der Waals surface area (Å²) in [6.07, 6.45) is -0.426. The van der Waals surface area contributed by atoms with Crippen LogP contribution in [0.15, 0.2) is 30.5 Å². The molecule has 30 heavy (non-hydrogen) atoms. The number of benzene rings is 1. The monoisotopic (exact) mass is 413 g/mol. The van der Waals surface area contributed by atoms with Gasteiger partial charge < -0.3 is 14.6 Å². The van der Waals surface area contributed by atoms with E-state index in [2.05, 4.69) is 4.98 Å². The third-order valence-corrected chi connectivity index (χ3v) is 4.43. The van der Waals surface area contributed by atoms with Crippen molar-refractivity contribution in [3.05, 3.63) is 41.7 Å². The minimum atomic E-state index is -1.43.